The molecule has 1 amide bonds. The minimum atomic E-state index is -0.922. The maximum absolute atomic E-state index is 12.2. The van der Waals surface area contributed by atoms with Crippen LogP contribution in [0.25, 0.3) is 0 Å². The normalized spacial score (nSPS) is 21.9. The number of methoxy groups -OCH3 is 1. The van der Waals surface area contributed by atoms with Gasteiger partial charge in [0.05, 0.1) is 18.6 Å². The van der Waals surface area contributed by atoms with E-state index in [1.165, 1.54) is 0 Å². The van der Waals surface area contributed by atoms with Crippen molar-refractivity contribution in [2.24, 2.45) is 5.92 Å². The van der Waals surface area contributed by atoms with Crippen molar-refractivity contribution in [1.82, 2.24) is 4.90 Å². The van der Waals surface area contributed by atoms with Crippen molar-refractivity contribution in [1.29, 1.82) is 0 Å². The average Bonchev–Trinajstić information content (AvgIpc) is 2.76. The second-order valence-corrected chi connectivity index (χ2v) is 5.53. The number of carbonyl (C=O) groups excluding carboxylic acids is 1. The smallest absolute Gasteiger partial charge is 0.309 e. The highest BCUT2D eigenvalue weighted by Gasteiger charge is 2.44. The molecular weight excluding hydrogens is 270 g/mol. The van der Waals surface area contributed by atoms with Crippen LogP contribution >= 0.6 is 0 Å². The zero-order valence-electron chi connectivity index (χ0n) is 12.6. The van der Waals surface area contributed by atoms with E-state index in [2.05, 4.69) is 0 Å². The highest BCUT2D eigenvalue weighted by atomic mass is 16.5. The molecule has 1 N–H and O–H groups in total. The lowest BCUT2D eigenvalue weighted by Crippen LogP contribution is -2.33. The molecular formula is C16H21NO4. The van der Waals surface area contributed by atoms with Gasteiger partial charge in [0.1, 0.15) is 0 Å². The van der Waals surface area contributed by atoms with Gasteiger partial charge >= 0.3 is 5.97 Å². The number of carboxylic acids is 1. The molecule has 1 aromatic carbocycles. The summed E-state index contributed by atoms with van der Waals surface area (Å²) in [4.78, 5) is 25.4. The number of carboxylic acid groups (broad SMARTS) is 1. The van der Waals surface area contributed by atoms with Crippen LogP contribution in [0.4, 0.5) is 0 Å². The molecule has 1 heterocycles. The largest absolute Gasteiger partial charge is 0.481 e. The van der Waals surface area contributed by atoms with Crippen molar-refractivity contribution in [2.45, 2.75) is 26.3 Å². The second kappa shape index (κ2) is 6.26. The predicted octanol–water partition coefficient (Wildman–Crippen LogP) is 1.92. The number of nitrogens with zero attached hydrogens (tertiary/aromatic N) is 1. The highest BCUT2D eigenvalue weighted by Crippen LogP contribution is 2.39. The number of aliphatic carboxylic acids is 1. The molecule has 0 aromatic heterocycles. The topological polar surface area (TPSA) is 66.8 Å². The molecule has 2 unspecified atom stereocenters. The fraction of sp³-hybridized carbons (Fsp3) is 0.500. The van der Waals surface area contributed by atoms with E-state index in [1.54, 1.807) is 12.0 Å². The summed E-state index contributed by atoms with van der Waals surface area (Å²) in [6.45, 7) is 4.73. The van der Waals surface area contributed by atoms with Gasteiger partial charge in [-0.25, -0.2) is 0 Å². The Morgan fingerprint density at radius 1 is 1.43 bits per heavy atom. The number of likely N-dealkylation sites (tertiary alicyclic amines) is 1. The zero-order chi connectivity index (χ0) is 15.6. The molecule has 5 nitrogen and oxygen atoms in total. The van der Waals surface area contributed by atoms with Crippen LogP contribution in [0.2, 0.25) is 0 Å². The number of hydrogen-bond donors (Lipinski definition) is 1. The number of benzene rings is 1. The quantitative estimate of drug-likeness (QED) is 0.900. The molecule has 1 saturated heterocycles. The summed E-state index contributed by atoms with van der Waals surface area (Å²) < 4.78 is 5.04. The molecule has 0 spiro atoms. The first kappa shape index (κ1) is 15.5. The molecule has 1 aromatic rings. The molecule has 2 atom stereocenters. The van der Waals surface area contributed by atoms with Crippen molar-refractivity contribution < 1.29 is 19.4 Å². The third kappa shape index (κ3) is 3.08. The number of hydrogen-bond acceptors (Lipinski definition) is 3. The molecule has 1 aliphatic rings. The first-order chi connectivity index (χ1) is 9.95. The Hall–Kier alpha value is -1.88. The molecule has 1 aliphatic heterocycles. The monoisotopic (exact) mass is 291 g/mol. The second-order valence-electron chi connectivity index (χ2n) is 5.53. The lowest BCUT2D eigenvalue weighted by atomic mass is 9.90. The van der Waals surface area contributed by atoms with Gasteiger partial charge < -0.3 is 14.7 Å². The first-order valence-electron chi connectivity index (χ1n) is 7.04. The van der Waals surface area contributed by atoms with Crippen LogP contribution in [0.15, 0.2) is 18.2 Å². The Bertz CT molecular complexity index is 555. The van der Waals surface area contributed by atoms with Gasteiger partial charge in [0.2, 0.25) is 5.91 Å². The Balaban J connectivity index is 2.43. The highest BCUT2D eigenvalue weighted by molar-refractivity contribution is 5.87. The fourth-order valence-electron chi connectivity index (χ4n) is 2.93. The van der Waals surface area contributed by atoms with Crippen LogP contribution in [0, 0.1) is 19.8 Å². The summed E-state index contributed by atoms with van der Waals surface area (Å²) in [6, 6.07) is 5.53. The Morgan fingerprint density at radius 2 is 2.14 bits per heavy atom. The van der Waals surface area contributed by atoms with E-state index in [0.717, 1.165) is 16.7 Å². The molecule has 0 radical (unpaired) electrons. The molecule has 2 rings (SSSR count). The van der Waals surface area contributed by atoms with E-state index >= 15 is 0 Å². The standard InChI is InChI=1S/C16H21NO4/c1-10-4-5-11(2)12(8-10)15-13(16(19)20)9-14(18)17(15)6-7-21-3/h4-5,8,13,15H,6-7,9H2,1-3H3,(H,19,20). The van der Waals surface area contributed by atoms with E-state index < -0.39 is 17.9 Å². The van der Waals surface area contributed by atoms with Gasteiger partial charge in [-0.15, -0.1) is 0 Å². The third-order valence-electron chi connectivity index (χ3n) is 4.04. The van der Waals surface area contributed by atoms with Crippen LogP contribution in [0.1, 0.15) is 29.2 Å². The first-order valence-corrected chi connectivity index (χ1v) is 7.04. The van der Waals surface area contributed by atoms with Gasteiger partial charge in [0, 0.05) is 20.1 Å². The summed E-state index contributed by atoms with van der Waals surface area (Å²) in [5.41, 5.74) is 2.99. The number of rotatable bonds is 5. The molecule has 114 valence electrons. The minimum Gasteiger partial charge on any atom is -0.481 e. The molecule has 21 heavy (non-hydrogen) atoms. The van der Waals surface area contributed by atoms with E-state index in [1.807, 2.05) is 32.0 Å². The number of amides is 1. The Kier molecular flexibility index (Phi) is 4.63. The van der Waals surface area contributed by atoms with Gasteiger partial charge in [0.15, 0.2) is 0 Å². The van der Waals surface area contributed by atoms with E-state index in [0.29, 0.717) is 13.2 Å². The molecule has 5 heteroatoms. The lowest BCUT2D eigenvalue weighted by molar-refractivity contribution is -0.142. The minimum absolute atomic E-state index is 0.0527. The van der Waals surface area contributed by atoms with Crippen molar-refractivity contribution >= 4 is 11.9 Å². The van der Waals surface area contributed by atoms with Crippen LogP contribution < -0.4 is 0 Å². The number of aryl methyl sites for hydroxylation is 2. The molecule has 0 saturated carbocycles. The van der Waals surface area contributed by atoms with Crippen LogP contribution in [-0.4, -0.2) is 42.1 Å². The van der Waals surface area contributed by atoms with Crippen molar-refractivity contribution in [3.63, 3.8) is 0 Å². The lowest BCUT2D eigenvalue weighted by Gasteiger charge is -2.28. The van der Waals surface area contributed by atoms with Crippen molar-refractivity contribution in [3.05, 3.63) is 34.9 Å². The summed E-state index contributed by atoms with van der Waals surface area (Å²) >= 11 is 0. The fourth-order valence-corrected chi connectivity index (χ4v) is 2.93. The predicted molar refractivity (Wildman–Crippen MR) is 78.0 cm³/mol. The van der Waals surface area contributed by atoms with Crippen LogP contribution in [-0.2, 0) is 14.3 Å². The van der Waals surface area contributed by atoms with Gasteiger partial charge in [-0.3, -0.25) is 9.59 Å². The Labute approximate surface area is 124 Å². The molecule has 0 bridgehead atoms. The molecule has 0 aliphatic carbocycles. The molecule has 1 fully saturated rings. The van der Waals surface area contributed by atoms with Crippen LogP contribution in [0.5, 0.6) is 0 Å². The average molecular weight is 291 g/mol. The van der Waals surface area contributed by atoms with Gasteiger partial charge in [0.25, 0.3) is 0 Å². The van der Waals surface area contributed by atoms with Gasteiger partial charge in [-0.2, -0.15) is 0 Å². The third-order valence-corrected chi connectivity index (χ3v) is 4.04. The maximum Gasteiger partial charge on any atom is 0.309 e. The SMILES string of the molecule is COCCN1C(=O)CC(C(=O)O)C1c1cc(C)ccc1C. The summed E-state index contributed by atoms with van der Waals surface area (Å²) in [5, 5.41) is 9.46. The zero-order valence-corrected chi connectivity index (χ0v) is 12.6. The summed E-state index contributed by atoms with van der Waals surface area (Å²) in [6.07, 6.45) is 0.0527. The van der Waals surface area contributed by atoms with Crippen molar-refractivity contribution in [3.8, 4) is 0 Å². The van der Waals surface area contributed by atoms with E-state index in [9.17, 15) is 14.7 Å². The Morgan fingerprint density at radius 3 is 2.76 bits per heavy atom. The van der Waals surface area contributed by atoms with Crippen molar-refractivity contribution in [2.75, 3.05) is 20.3 Å². The van der Waals surface area contributed by atoms with E-state index in [4.69, 9.17) is 4.74 Å². The van der Waals surface area contributed by atoms with Gasteiger partial charge in [-0.1, -0.05) is 23.8 Å². The van der Waals surface area contributed by atoms with Gasteiger partial charge in [-0.05, 0) is 25.0 Å². The summed E-state index contributed by atoms with van der Waals surface area (Å²) in [7, 11) is 1.57. The maximum atomic E-state index is 12.2. The summed E-state index contributed by atoms with van der Waals surface area (Å²) in [5.74, 6) is -1.74. The van der Waals surface area contributed by atoms with E-state index in [-0.39, 0.29) is 12.3 Å². The number of ether oxygens (including phenoxy) is 1. The van der Waals surface area contributed by atoms with Crippen LogP contribution in [0.3, 0.4) is 0 Å². The number of carbonyl (C=O) groups is 2.